The van der Waals surface area contributed by atoms with Gasteiger partial charge in [0.25, 0.3) is 5.91 Å². The van der Waals surface area contributed by atoms with E-state index in [1.165, 1.54) is 5.56 Å². The molecule has 2 aromatic rings. The van der Waals surface area contributed by atoms with Crippen LogP contribution in [0.1, 0.15) is 65.8 Å². The van der Waals surface area contributed by atoms with Crippen molar-refractivity contribution < 1.29 is 4.79 Å². The summed E-state index contributed by atoms with van der Waals surface area (Å²) in [5.74, 6) is 0.599. The Hall–Kier alpha value is -2.33. The number of halogens is 1. The Morgan fingerprint density at radius 2 is 2.24 bits per heavy atom. The number of H-pyrrole nitrogens is 1. The molecule has 1 aromatic carbocycles. The molecule has 0 saturated heterocycles. The molecule has 152 valence electrons. The molecule has 2 aliphatic rings. The number of rotatable bonds is 5. The second-order valence-corrected chi connectivity index (χ2v) is 8.65. The van der Waals surface area contributed by atoms with Gasteiger partial charge in [0.15, 0.2) is 5.69 Å². The van der Waals surface area contributed by atoms with Crippen molar-refractivity contribution >= 4 is 17.5 Å². The molecule has 29 heavy (non-hydrogen) atoms. The van der Waals surface area contributed by atoms with E-state index < -0.39 is 0 Å². The van der Waals surface area contributed by atoms with E-state index in [4.69, 9.17) is 11.6 Å². The standard InChI is InChI=1S/C24H28ClN3O/c1-16(18-9-3-2-4-10-18)26-24(29)23-21-13-6-5-11-19(22(21)27-28-23)14-17-8-7-12-20(25)15-17/h2-4,7-9,12,15-16,18-19H,5-6,10-11,13-14H2,1H3,(H,26,29)(H,27,28)/t16-,18?,19?/m0/s1. The van der Waals surface area contributed by atoms with E-state index in [2.05, 4.69) is 52.8 Å². The first-order valence-electron chi connectivity index (χ1n) is 10.6. The topological polar surface area (TPSA) is 57.8 Å². The van der Waals surface area contributed by atoms with Crippen LogP contribution >= 0.6 is 11.6 Å². The number of aromatic nitrogens is 2. The fraction of sp³-hybridized carbons (Fsp3) is 0.417. The molecular formula is C24H28ClN3O. The quantitative estimate of drug-likeness (QED) is 0.652. The molecule has 0 spiro atoms. The fourth-order valence-electron chi connectivity index (χ4n) is 4.50. The molecule has 3 atom stereocenters. The highest BCUT2D eigenvalue weighted by Crippen LogP contribution is 2.33. The summed E-state index contributed by atoms with van der Waals surface area (Å²) in [5.41, 5.74) is 4.01. The van der Waals surface area contributed by atoms with Crippen LogP contribution in [0.2, 0.25) is 5.02 Å². The lowest BCUT2D eigenvalue weighted by atomic mass is 9.91. The predicted molar refractivity (Wildman–Crippen MR) is 117 cm³/mol. The summed E-state index contributed by atoms with van der Waals surface area (Å²) in [6, 6.07) is 8.13. The monoisotopic (exact) mass is 409 g/mol. The zero-order valence-corrected chi connectivity index (χ0v) is 17.6. The minimum atomic E-state index is -0.0682. The van der Waals surface area contributed by atoms with E-state index in [0.29, 0.717) is 17.5 Å². The van der Waals surface area contributed by atoms with Crippen LogP contribution in [0.25, 0.3) is 0 Å². The summed E-state index contributed by atoms with van der Waals surface area (Å²) in [5, 5.41) is 11.6. The summed E-state index contributed by atoms with van der Waals surface area (Å²) in [7, 11) is 0. The second-order valence-electron chi connectivity index (χ2n) is 8.22. The molecule has 0 bridgehead atoms. The average Bonchev–Trinajstić information content (AvgIpc) is 3.05. The van der Waals surface area contributed by atoms with Crippen LogP contribution in [-0.4, -0.2) is 22.1 Å². The number of amides is 1. The predicted octanol–water partition coefficient (Wildman–Crippen LogP) is 5.37. The fourth-order valence-corrected chi connectivity index (χ4v) is 4.71. The zero-order chi connectivity index (χ0) is 20.2. The molecule has 4 nitrogen and oxygen atoms in total. The minimum absolute atomic E-state index is 0.0682. The van der Waals surface area contributed by atoms with E-state index in [1.54, 1.807) is 0 Å². The number of carbonyl (C=O) groups is 1. The minimum Gasteiger partial charge on any atom is -0.348 e. The Balaban J connectivity index is 1.51. The molecule has 0 aliphatic heterocycles. The van der Waals surface area contributed by atoms with Crippen LogP contribution in [0.4, 0.5) is 0 Å². The van der Waals surface area contributed by atoms with Crippen molar-refractivity contribution in [2.45, 2.75) is 57.4 Å². The Morgan fingerprint density at radius 3 is 3.03 bits per heavy atom. The molecule has 5 heteroatoms. The zero-order valence-electron chi connectivity index (χ0n) is 16.8. The molecule has 1 heterocycles. The number of fused-ring (bicyclic) bond motifs is 1. The van der Waals surface area contributed by atoms with Gasteiger partial charge in [-0.05, 0) is 56.7 Å². The number of nitrogens with one attached hydrogen (secondary N) is 2. The third-order valence-corrected chi connectivity index (χ3v) is 6.37. The second kappa shape index (κ2) is 9.00. The molecule has 2 aliphatic carbocycles. The maximum Gasteiger partial charge on any atom is 0.272 e. The largest absolute Gasteiger partial charge is 0.348 e. The Morgan fingerprint density at radius 1 is 1.34 bits per heavy atom. The van der Waals surface area contributed by atoms with Crippen LogP contribution in [0.3, 0.4) is 0 Å². The van der Waals surface area contributed by atoms with Crippen LogP contribution < -0.4 is 5.32 Å². The first kappa shape index (κ1) is 20.0. The molecular weight excluding hydrogens is 382 g/mol. The van der Waals surface area contributed by atoms with Gasteiger partial charge in [0, 0.05) is 34.2 Å². The molecule has 0 radical (unpaired) electrons. The van der Waals surface area contributed by atoms with Crippen molar-refractivity contribution in [2.75, 3.05) is 0 Å². The number of allylic oxidation sites excluding steroid dienone is 3. The van der Waals surface area contributed by atoms with Gasteiger partial charge in [-0.25, -0.2) is 0 Å². The van der Waals surface area contributed by atoms with Gasteiger partial charge < -0.3 is 5.32 Å². The SMILES string of the molecule is C[C@H](NC(=O)c1n[nH]c2c1CCCCC2Cc1cccc(Cl)c1)C1C=CC=CC1. The summed E-state index contributed by atoms with van der Waals surface area (Å²) in [4.78, 5) is 13.0. The Labute approximate surface area is 177 Å². The Bertz CT molecular complexity index is 930. The number of carbonyl (C=O) groups excluding carboxylic acids is 1. The van der Waals surface area contributed by atoms with Gasteiger partial charge in [0.2, 0.25) is 0 Å². The Kier molecular flexibility index (Phi) is 6.19. The maximum absolute atomic E-state index is 13.0. The maximum atomic E-state index is 13.0. The number of hydrogen-bond donors (Lipinski definition) is 2. The normalized spacial score (nSPS) is 22.0. The third-order valence-electron chi connectivity index (χ3n) is 6.14. The average molecular weight is 410 g/mol. The smallest absolute Gasteiger partial charge is 0.272 e. The molecule has 0 fully saturated rings. The van der Waals surface area contributed by atoms with Gasteiger partial charge in [-0.15, -0.1) is 0 Å². The van der Waals surface area contributed by atoms with Crippen molar-refractivity contribution in [3.8, 4) is 0 Å². The van der Waals surface area contributed by atoms with Gasteiger partial charge in [-0.2, -0.15) is 5.10 Å². The molecule has 1 aromatic heterocycles. The number of nitrogens with zero attached hydrogens (tertiary/aromatic N) is 1. The lowest BCUT2D eigenvalue weighted by Crippen LogP contribution is -2.38. The van der Waals surface area contributed by atoms with Gasteiger partial charge >= 0.3 is 0 Å². The highest BCUT2D eigenvalue weighted by Gasteiger charge is 2.28. The number of benzene rings is 1. The van der Waals surface area contributed by atoms with Gasteiger partial charge in [0.05, 0.1) is 0 Å². The van der Waals surface area contributed by atoms with Gasteiger partial charge in [-0.1, -0.05) is 54.5 Å². The van der Waals surface area contributed by atoms with Gasteiger partial charge in [0.1, 0.15) is 0 Å². The molecule has 4 rings (SSSR count). The van der Waals surface area contributed by atoms with Gasteiger partial charge in [-0.3, -0.25) is 9.89 Å². The molecule has 2 unspecified atom stereocenters. The van der Waals surface area contributed by atoms with Crippen molar-refractivity contribution in [1.29, 1.82) is 0 Å². The van der Waals surface area contributed by atoms with E-state index in [0.717, 1.165) is 54.8 Å². The van der Waals surface area contributed by atoms with E-state index in [-0.39, 0.29) is 11.9 Å². The molecule has 1 amide bonds. The van der Waals surface area contributed by atoms with Crippen LogP contribution in [-0.2, 0) is 12.8 Å². The van der Waals surface area contributed by atoms with Crippen molar-refractivity contribution in [3.05, 3.63) is 76.1 Å². The lowest BCUT2D eigenvalue weighted by Gasteiger charge is -2.22. The first-order chi connectivity index (χ1) is 14.1. The van der Waals surface area contributed by atoms with E-state index >= 15 is 0 Å². The van der Waals surface area contributed by atoms with Crippen molar-refractivity contribution in [2.24, 2.45) is 5.92 Å². The summed E-state index contributed by atoms with van der Waals surface area (Å²) >= 11 is 6.17. The van der Waals surface area contributed by atoms with Crippen LogP contribution in [0.5, 0.6) is 0 Å². The molecule has 2 N–H and O–H groups in total. The summed E-state index contributed by atoms with van der Waals surface area (Å²) < 4.78 is 0. The number of hydrogen-bond acceptors (Lipinski definition) is 2. The summed E-state index contributed by atoms with van der Waals surface area (Å²) in [6.45, 7) is 2.07. The van der Waals surface area contributed by atoms with Crippen molar-refractivity contribution in [3.63, 3.8) is 0 Å². The van der Waals surface area contributed by atoms with E-state index in [9.17, 15) is 4.79 Å². The van der Waals surface area contributed by atoms with Crippen molar-refractivity contribution in [1.82, 2.24) is 15.5 Å². The van der Waals surface area contributed by atoms with Crippen LogP contribution in [0.15, 0.2) is 48.6 Å². The molecule has 0 saturated carbocycles. The highest BCUT2D eigenvalue weighted by molar-refractivity contribution is 6.30. The summed E-state index contributed by atoms with van der Waals surface area (Å²) in [6.07, 6.45) is 14.5. The first-order valence-corrected chi connectivity index (χ1v) is 11.0. The van der Waals surface area contributed by atoms with E-state index in [1.807, 2.05) is 18.2 Å². The lowest BCUT2D eigenvalue weighted by molar-refractivity contribution is 0.0925. The van der Waals surface area contributed by atoms with Crippen LogP contribution in [0, 0.1) is 5.92 Å². The highest BCUT2D eigenvalue weighted by atomic mass is 35.5. The third kappa shape index (κ3) is 4.64. The number of aromatic amines is 1.